The van der Waals surface area contributed by atoms with Crippen LogP contribution in [0.1, 0.15) is 26.7 Å². The zero-order valence-electron chi connectivity index (χ0n) is 15.9. The lowest BCUT2D eigenvalue weighted by molar-refractivity contribution is 0.736. The van der Waals surface area contributed by atoms with Crippen molar-refractivity contribution in [3.05, 3.63) is 35.5 Å². The first-order valence-corrected chi connectivity index (χ1v) is 8.81. The third-order valence-corrected chi connectivity index (χ3v) is 4.08. The molecule has 0 fully saturated rings. The van der Waals surface area contributed by atoms with Gasteiger partial charge in [-0.3, -0.25) is 0 Å². The summed E-state index contributed by atoms with van der Waals surface area (Å²) in [6.07, 6.45) is 3.72. The molecule has 0 atom stereocenters. The van der Waals surface area contributed by atoms with E-state index in [4.69, 9.17) is 22.3 Å². The van der Waals surface area contributed by atoms with Crippen LogP contribution in [0.25, 0.3) is 22.4 Å². The minimum atomic E-state index is 0. The Labute approximate surface area is 168 Å². The number of hydrogen-bond donors (Lipinski definition) is 1. The molecule has 3 aromatic rings. The van der Waals surface area contributed by atoms with Gasteiger partial charge in [-0.15, -0.1) is 0 Å². The summed E-state index contributed by atoms with van der Waals surface area (Å²) in [4.78, 5) is 20.1. The number of hydrogen-bond acceptors (Lipinski definition) is 6. The highest BCUT2D eigenvalue weighted by Gasteiger charge is 2.16. The number of rotatable bonds is 6. The van der Waals surface area contributed by atoms with E-state index in [9.17, 15) is 0 Å². The molecule has 2 aromatic heterocycles. The van der Waals surface area contributed by atoms with E-state index in [1.807, 2.05) is 24.3 Å². The maximum absolute atomic E-state index is 5.97. The zero-order valence-corrected chi connectivity index (χ0v) is 16.7. The van der Waals surface area contributed by atoms with Crippen molar-refractivity contribution in [1.82, 2.24) is 19.9 Å². The molecule has 154 valence electrons. The number of nitrogens with zero attached hydrogens (tertiary/aromatic N) is 5. The lowest BCUT2D eigenvalue weighted by atomic mass is 10.1. The van der Waals surface area contributed by atoms with Crippen molar-refractivity contribution in [1.29, 1.82) is 0 Å². The van der Waals surface area contributed by atoms with E-state index < -0.39 is 0 Å². The van der Waals surface area contributed by atoms with Gasteiger partial charge in [-0.05, 0) is 25.0 Å². The Kier molecular flexibility index (Phi) is 10.3. The average molecular weight is 411 g/mol. The van der Waals surface area contributed by atoms with Crippen LogP contribution in [0.3, 0.4) is 0 Å². The Hall–Kier alpha value is -2.59. The third-order valence-electron chi connectivity index (χ3n) is 3.83. The van der Waals surface area contributed by atoms with Gasteiger partial charge in [0.1, 0.15) is 0 Å². The van der Waals surface area contributed by atoms with Gasteiger partial charge >= 0.3 is 0 Å². The average Bonchev–Trinajstić information content (AvgIpc) is 2.61. The number of nitrogen functional groups attached to an aromatic ring is 1. The topological polar surface area (TPSA) is 175 Å². The SMILES string of the molecule is CCCN(CCC)c1nc(N)nc2ncc(-c3ccc(Cl)cc3)nc12.O.O.O. The molecule has 1 aromatic carbocycles. The molecule has 0 unspecified atom stereocenters. The van der Waals surface area contributed by atoms with E-state index in [0.717, 1.165) is 43.0 Å². The van der Waals surface area contributed by atoms with E-state index in [0.29, 0.717) is 16.2 Å². The van der Waals surface area contributed by atoms with E-state index in [-0.39, 0.29) is 22.4 Å². The van der Waals surface area contributed by atoms with Crippen molar-refractivity contribution in [2.24, 2.45) is 0 Å². The third kappa shape index (κ3) is 5.46. The largest absolute Gasteiger partial charge is 0.412 e. The van der Waals surface area contributed by atoms with Crippen molar-refractivity contribution in [2.75, 3.05) is 23.7 Å². The highest BCUT2D eigenvalue weighted by Crippen LogP contribution is 2.26. The number of nitrogens with two attached hydrogens (primary N) is 1. The second kappa shape index (κ2) is 11.3. The van der Waals surface area contributed by atoms with Gasteiger partial charge in [0.05, 0.1) is 11.9 Å². The van der Waals surface area contributed by atoms with Crippen LogP contribution in [0.15, 0.2) is 30.5 Å². The molecule has 3 rings (SSSR count). The smallest absolute Gasteiger partial charge is 0.224 e. The highest BCUT2D eigenvalue weighted by atomic mass is 35.5. The monoisotopic (exact) mass is 410 g/mol. The predicted octanol–water partition coefficient (Wildman–Crippen LogP) is 1.47. The van der Waals surface area contributed by atoms with Crippen molar-refractivity contribution < 1.29 is 16.4 Å². The fourth-order valence-corrected chi connectivity index (χ4v) is 2.88. The van der Waals surface area contributed by atoms with Crippen LogP contribution in [0.2, 0.25) is 5.02 Å². The maximum Gasteiger partial charge on any atom is 0.224 e. The molecule has 0 spiro atoms. The molecule has 10 heteroatoms. The predicted molar refractivity (Wildman–Crippen MR) is 114 cm³/mol. The second-order valence-corrected chi connectivity index (χ2v) is 6.26. The second-order valence-electron chi connectivity index (χ2n) is 5.83. The van der Waals surface area contributed by atoms with Gasteiger partial charge in [0.15, 0.2) is 17.0 Å². The first-order valence-electron chi connectivity index (χ1n) is 8.43. The van der Waals surface area contributed by atoms with E-state index in [2.05, 4.69) is 33.7 Å². The molecule has 0 aliphatic carbocycles. The van der Waals surface area contributed by atoms with Gasteiger partial charge in [0.2, 0.25) is 5.95 Å². The molecule has 0 radical (unpaired) electrons. The number of anilines is 2. The normalized spacial score (nSPS) is 9.82. The van der Waals surface area contributed by atoms with Crippen molar-refractivity contribution in [2.45, 2.75) is 26.7 Å². The minimum Gasteiger partial charge on any atom is -0.412 e. The van der Waals surface area contributed by atoms with Gasteiger partial charge in [-0.2, -0.15) is 9.97 Å². The number of fused-ring (bicyclic) bond motifs is 1. The van der Waals surface area contributed by atoms with E-state index in [1.54, 1.807) is 6.20 Å². The molecule has 9 nitrogen and oxygen atoms in total. The maximum atomic E-state index is 5.97. The molecule has 28 heavy (non-hydrogen) atoms. The molecule has 0 bridgehead atoms. The molecular formula is C18H27ClN6O3. The van der Waals surface area contributed by atoms with Crippen LogP contribution in [0.5, 0.6) is 0 Å². The van der Waals surface area contributed by atoms with Crippen LogP contribution < -0.4 is 10.6 Å². The number of benzene rings is 1. The quantitative estimate of drug-likeness (QED) is 0.643. The van der Waals surface area contributed by atoms with E-state index >= 15 is 0 Å². The Morgan fingerprint density at radius 3 is 2.11 bits per heavy atom. The van der Waals surface area contributed by atoms with E-state index in [1.165, 1.54) is 0 Å². The Morgan fingerprint density at radius 1 is 0.929 bits per heavy atom. The fraction of sp³-hybridized carbons (Fsp3) is 0.333. The zero-order chi connectivity index (χ0) is 17.8. The molecule has 0 saturated heterocycles. The summed E-state index contributed by atoms with van der Waals surface area (Å²) in [6.45, 7) is 6.04. The summed E-state index contributed by atoms with van der Waals surface area (Å²) < 4.78 is 0. The summed E-state index contributed by atoms with van der Waals surface area (Å²) >= 11 is 5.97. The number of aromatic nitrogens is 4. The standard InChI is InChI=1S/C18H21ClN6.3H2O/c1-3-9-25(10-4-2)17-15-16(23-18(20)24-17)21-11-14(22-15)12-5-7-13(19)8-6-12;;;/h5-8,11H,3-4,9-10H2,1-2H3,(H2,20,21,23,24);3*1H2. The van der Waals surface area contributed by atoms with Gasteiger partial charge in [-0.1, -0.05) is 37.6 Å². The molecule has 0 saturated carbocycles. The fourth-order valence-electron chi connectivity index (χ4n) is 2.75. The first kappa shape index (κ1) is 25.4. The lowest BCUT2D eigenvalue weighted by Crippen LogP contribution is -2.27. The van der Waals surface area contributed by atoms with Crippen LogP contribution >= 0.6 is 11.6 Å². The van der Waals surface area contributed by atoms with Crippen molar-refractivity contribution in [3.63, 3.8) is 0 Å². The van der Waals surface area contributed by atoms with Gasteiger partial charge < -0.3 is 27.1 Å². The molecule has 0 aliphatic heterocycles. The summed E-state index contributed by atoms with van der Waals surface area (Å²) in [6, 6.07) is 7.52. The molecule has 2 heterocycles. The van der Waals surface area contributed by atoms with Crippen molar-refractivity contribution in [3.8, 4) is 11.3 Å². The van der Waals surface area contributed by atoms with Crippen LogP contribution in [-0.2, 0) is 0 Å². The summed E-state index contributed by atoms with van der Waals surface area (Å²) in [5.41, 5.74) is 8.77. The molecule has 0 aliphatic rings. The van der Waals surface area contributed by atoms with Crippen LogP contribution in [0.4, 0.5) is 11.8 Å². The highest BCUT2D eigenvalue weighted by molar-refractivity contribution is 6.30. The van der Waals surface area contributed by atoms with Crippen molar-refractivity contribution >= 4 is 34.5 Å². The summed E-state index contributed by atoms with van der Waals surface area (Å²) in [5, 5.41) is 0.686. The Balaban J connectivity index is 0.00000243. The Bertz CT molecular complexity index is 873. The van der Waals surface area contributed by atoms with Gasteiger partial charge in [0, 0.05) is 23.7 Å². The Morgan fingerprint density at radius 2 is 1.54 bits per heavy atom. The van der Waals surface area contributed by atoms with Crippen LogP contribution in [0, 0.1) is 0 Å². The van der Waals surface area contributed by atoms with Gasteiger partial charge in [-0.25, -0.2) is 9.97 Å². The summed E-state index contributed by atoms with van der Waals surface area (Å²) in [7, 11) is 0. The summed E-state index contributed by atoms with van der Waals surface area (Å²) in [5.74, 6) is 0.961. The molecule has 8 N–H and O–H groups in total. The van der Waals surface area contributed by atoms with Gasteiger partial charge in [0.25, 0.3) is 0 Å². The molecular weight excluding hydrogens is 384 g/mol. The number of halogens is 1. The molecule has 0 amide bonds. The van der Waals surface area contributed by atoms with Crippen LogP contribution in [-0.4, -0.2) is 49.5 Å². The minimum absolute atomic E-state index is 0. The lowest BCUT2D eigenvalue weighted by Gasteiger charge is -2.23. The first-order chi connectivity index (χ1) is 12.1.